The van der Waals surface area contributed by atoms with Crippen molar-refractivity contribution in [1.82, 2.24) is 14.8 Å². The van der Waals surface area contributed by atoms with E-state index in [1.807, 2.05) is 13.8 Å². The Morgan fingerprint density at radius 3 is 2.53 bits per heavy atom. The molecule has 1 amide bonds. The maximum absolute atomic E-state index is 13.2. The number of nitrogens with zero attached hydrogens (tertiary/aromatic N) is 3. The topological polar surface area (TPSA) is 123 Å². The van der Waals surface area contributed by atoms with Gasteiger partial charge >= 0.3 is 0 Å². The van der Waals surface area contributed by atoms with Gasteiger partial charge in [-0.2, -0.15) is 0 Å². The molecule has 9 nitrogen and oxygen atoms in total. The van der Waals surface area contributed by atoms with Gasteiger partial charge in [-0.3, -0.25) is 14.5 Å². The number of piperazine rings is 1. The Labute approximate surface area is 202 Å². The highest BCUT2D eigenvalue weighted by molar-refractivity contribution is 8.04. The summed E-state index contributed by atoms with van der Waals surface area (Å²) in [5, 5.41) is 3.84. The van der Waals surface area contributed by atoms with Gasteiger partial charge in [-0.1, -0.05) is 23.7 Å². The van der Waals surface area contributed by atoms with Gasteiger partial charge in [0.25, 0.3) is 21.0 Å². The molecule has 1 aliphatic rings. The van der Waals surface area contributed by atoms with Gasteiger partial charge in [-0.15, -0.1) is 0 Å². The fourth-order valence-corrected chi connectivity index (χ4v) is 4.32. The number of sulfonamides is 1. The van der Waals surface area contributed by atoms with E-state index in [9.17, 15) is 22.4 Å². The molecule has 1 aliphatic heterocycles. The monoisotopic (exact) mass is 512 g/mol. The second-order valence-electron chi connectivity index (χ2n) is 8.30. The number of hydrogen-bond acceptors (Lipinski definition) is 7. The zero-order valence-corrected chi connectivity index (χ0v) is 20.4. The lowest BCUT2D eigenvalue weighted by Gasteiger charge is -2.44. The molecular weight excluding hydrogens is 487 g/mol. The maximum atomic E-state index is 13.2. The van der Waals surface area contributed by atoms with Crippen LogP contribution >= 0.6 is 11.6 Å². The van der Waals surface area contributed by atoms with Gasteiger partial charge in [0.2, 0.25) is 5.88 Å². The second kappa shape index (κ2) is 10.8. The zero-order valence-electron chi connectivity index (χ0n) is 18.8. The smallest absolute Gasteiger partial charge is 0.272 e. The summed E-state index contributed by atoms with van der Waals surface area (Å²) < 4.78 is 41.3. The summed E-state index contributed by atoms with van der Waals surface area (Å²) in [7, 11) is -4.39. The molecule has 3 rings (SSSR count). The molecule has 2 heterocycles. The Morgan fingerprint density at radius 1 is 1.21 bits per heavy atom. The molecule has 1 aromatic heterocycles. The van der Waals surface area contributed by atoms with Crippen molar-refractivity contribution in [3.63, 3.8) is 0 Å². The largest absolute Gasteiger partial charge is 0.467 e. The summed E-state index contributed by atoms with van der Waals surface area (Å²) in [4.78, 5) is 32.6. The second-order valence-corrected chi connectivity index (χ2v) is 10.3. The van der Waals surface area contributed by atoms with Crippen molar-refractivity contribution in [3.8, 4) is 5.88 Å². The van der Waals surface area contributed by atoms with E-state index >= 15 is 0 Å². The number of amides is 1. The standard InChI is InChI=1S/C22H26ClFN4O5S/c1-14-11-28(15(2)10-27(14)12-16-3-5-19(24)6-4-16)20(29)13-33-22-17(7-18(23)9-26-22)8-21(30)34(25,31)32/h3-7,9,14-15H,8,10-13H2,1-2H3,(H2,25,31,32). The maximum Gasteiger partial charge on any atom is 0.272 e. The van der Waals surface area contributed by atoms with Crippen LogP contribution in [0.4, 0.5) is 4.39 Å². The van der Waals surface area contributed by atoms with Crippen molar-refractivity contribution >= 4 is 32.6 Å². The number of benzene rings is 1. The summed E-state index contributed by atoms with van der Waals surface area (Å²) in [6, 6.07) is 7.64. The minimum Gasteiger partial charge on any atom is -0.467 e. The number of carbonyl (C=O) groups is 2. The summed E-state index contributed by atoms with van der Waals surface area (Å²) in [6.45, 7) is 5.32. The van der Waals surface area contributed by atoms with Gasteiger partial charge in [0.05, 0.1) is 11.4 Å². The number of hydrogen-bond donors (Lipinski definition) is 1. The lowest BCUT2D eigenvalue weighted by Crippen LogP contribution is -2.58. The molecular formula is C22H26ClFN4O5S. The first-order valence-electron chi connectivity index (χ1n) is 10.5. The zero-order chi connectivity index (χ0) is 25.0. The molecule has 0 aliphatic carbocycles. The molecule has 2 N–H and O–H groups in total. The predicted molar refractivity (Wildman–Crippen MR) is 124 cm³/mol. The van der Waals surface area contributed by atoms with Crippen LogP contribution in [0.1, 0.15) is 25.0 Å². The Kier molecular flexibility index (Phi) is 8.24. The van der Waals surface area contributed by atoms with E-state index in [4.69, 9.17) is 21.5 Å². The van der Waals surface area contributed by atoms with E-state index in [1.54, 1.807) is 17.0 Å². The minimum absolute atomic E-state index is 0.0572. The molecule has 2 aromatic rings. The lowest BCUT2D eigenvalue weighted by molar-refractivity contribution is -0.139. The predicted octanol–water partition coefficient (Wildman–Crippen LogP) is 1.73. The van der Waals surface area contributed by atoms with Crippen LogP contribution in [0.2, 0.25) is 5.02 Å². The number of rotatable bonds is 7. The quantitative estimate of drug-likeness (QED) is 0.599. The summed E-state index contributed by atoms with van der Waals surface area (Å²) >= 11 is 5.91. The van der Waals surface area contributed by atoms with E-state index in [-0.39, 0.29) is 46.9 Å². The lowest BCUT2D eigenvalue weighted by atomic mass is 10.1. The molecule has 2 unspecified atom stereocenters. The molecule has 1 aromatic carbocycles. The Morgan fingerprint density at radius 2 is 1.88 bits per heavy atom. The third kappa shape index (κ3) is 6.72. The summed E-state index contributed by atoms with van der Waals surface area (Å²) in [5.74, 6) is -0.625. The van der Waals surface area contributed by atoms with E-state index in [0.29, 0.717) is 19.6 Å². The van der Waals surface area contributed by atoms with E-state index in [1.165, 1.54) is 24.4 Å². The van der Waals surface area contributed by atoms with Crippen molar-refractivity contribution < 1.29 is 27.1 Å². The highest BCUT2D eigenvalue weighted by atomic mass is 35.5. The van der Waals surface area contributed by atoms with Crippen LogP contribution in [-0.2, 0) is 32.6 Å². The first-order valence-corrected chi connectivity index (χ1v) is 12.5. The molecule has 184 valence electrons. The number of pyridine rings is 1. The van der Waals surface area contributed by atoms with E-state index in [0.717, 1.165) is 5.56 Å². The Balaban J connectivity index is 1.62. The highest BCUT2D eigenvalue weighted by Gasteiger charge is 2.32. The third-order valence-corrected chi connectivity index (χ3v) is 6.60. The van der Waals surface area contributed by atoms with Gasteiger partial charge in [0.1, 0.15) is 5.82 Å². The van der Waals surface area contributed by atoms with Gasteiger partial charge in [0, 0.05) is 43.5 Å². The van der Waals surface area contributed by atoms with E-state index in [2.05, 4.69) is 9.88 Å². The first kappa shape index (κ1) is 26.0. The normalized spacial score (nSPS) is 19.1. The van der Waals surface area contributed by atoms with Crippen molar-refractivity contribution in [3.05, 3.63) is 58.5 Å². The van der Waals surface area contributed by atoms with Crippen LogP contribution < -0.4 is 9.88 Å². The van der Waals surface area contributed by atoms with Gasteiger partial charge in [0.15, 0.2) is 6.61 Å². The van der Waals surface area contributed by atoms with E-state index < -0.39 is 21.6 Å². The fraction of sp³-hybridized carbons (Fsp3) is 0.409. The molecule has 0 saturated carbocycles. The first-order chi connectivity index (χ1) is 15.9. The molecule has 0 radical (unpaired) electrons. The molecule has 34 heavy (non-hydrogen) atoms. The van der Waals surface area contributed by atoms with Crippen LogP contribution in [0.5, 0.6) is 5.88 Å². The molecule has 12 heteroatoms. The van der Waals surface area contributed by atoms with Crippen LogP contribution in [0.3, 0.4) is 0 Å². The Hall–Kier alpha value is -2.60. The van der Waals surface area contributed by atoms with Crippen molar-refractivity contribution in [2.24, 2.45) is 5.14 Å². The SMILES string of the molecule is CC1CN(C(=O)COc2ncc(Cl)cc2CC(=O)S(N)(=O)=O)C(C)CN1Cc1ccc(F)cc1. The van der Waals surface area contributed by atoms with Gasteiger partial charge in [-0.05, 0) is 37.6 Å². The number of primary sulfonamides is 1. The average Bonchev–Trinajstić information content (AvgIpc) is 2.76. The Bertz CT molecular complexity index is 1160. The molecule has 2 atom stereocenters. The number of nitrogens with two attached hydrogens (primary N) is 1. The minimum atomic E-state index is -4.39. The molecule has 1 fully saturated rings. The molecule has 0 bridgehead atoms. The highest BCUT2D eigenvalue weighted by Crippen LogP contribution is 2.22. The third-order valence-electron chi connectivity index (χ3n) is 5.61. The molecule has 0 spiro atoms. The van der Waals surface area contributed by atoms with Gasteiger partial charge in [-0.25, -0.2) is 22.9 Å². The molecule has 1 saturated heterocycles. The average molecular weight is 513 g/mol. The van der Waals surface area contributed by atoms with Crippen LogP contribution in [-0.4, -0.2) is 66.0 Å². The summed E-state index contributed by atoms with van der Waals surface area (Å²) in [6.07, 6.45) is 0.691. The van der Waals surface area contributed by atoms with Crippen LogP contribution in [0.15, 0.2) is 36.5 Å². The van der Waals surface area contributed by atoms with Crippen LogP contribution in [0.25, 0.3) is 0 Å². The number of carbonyl (C=O) groups excluding carboxylic acids is 2. The van der Waals surface area contributed by atoms with Crippen molar-refractivity contribution in [2.75, 3.05) is 19.7 Å². The van der Waals surface area contributed by atoms with Gasteiger partial charge < -0.3 is 9.64 Å². The number of ether oxygens (including phenoxy) is 1. The van der Waals surface area contributed by atoms with Crippen molar-refractivity contribution in [2.45, 2.75) is 38.9 Å². The summed E-state index contributed by atoms with van der Waals surface area (Å²) in [5.41, 5.74) is 1.10. The van der Waals surface area contributed by atoms with Crippen molar-refractivity contribution in [1.29, 1.82) is 0 Å². The fourth-order valence-electron chi connectivity index (χ4n) is 3.78. The van der Waals surface area contributed by atoms with Crippen LogP contribution in [0, 0.1) is 5.82 Å². The number of aromatic nitrogens is 1. The number of halogens is 2.